The minimum atomic E-state index is -0.977. The first-order valence-corrected chi connectivity index (χ1v) is 10.6. The Morgan fingerprint density at radius 3 is 2.47 bits per heavy atom. The molecule has 1 N–H and O–H groups in total. The average Bonchev–Trinajstić information content (AvgIpc) is 3.12. The highest BCUT2D eigenvalue weighted by molar-refractivity contribution is 6.46. The van der Waals surface area contributed by atoms with Crippen LogP contribution in [0.5, 0.6) is 5.75 Å². The van der Waals surface area contributed by atoms with Gasteiger partial charge in [-0.15, -0.1) is 0 Å². The van der Waals surface area contributed by atoms with E-state index < -0.39 is 22.7 Å². The highest BCUT2D eigenvalue weighted by atomic mass is 16.6. The molecule has 1 aliphatic rings. The third-order valence-electron chi connectivity index (χ3n) is 5.76. The van der Waals surface area contributed by atoms with Crippen LogP contribution in [0.1, 0.15) is 22.7 Å². The topological polar surface area (TPSA) is 110 Å². The Hall–Kier alpha value is -4.46. The number of likely N-dealkylation sites (tertiary alicyclic amines) is 1. The maximum absolute atomic E-state index is 13.1. The van der Waals surface area contributed by atoms with Crippen LogP contribution in [-0.4, -0.2) is 40.3 Å². The highest BCUT2D eigenvalue weighted by Crippen LogP contribution is 2.40. The van der Waals surface area contributed by atoms with E-state index in [0.717, 1.165) is 5.56 Å². The molecule has 1 amide bonds. The van der Waals surface area contributed by atoms with Gasteiger partial charge in [-0.25, -0.2) is 0 Å². The van der Waals surface area contributed by atoms with Crippen LogP contribution in [0, 0.1) is 10.1 Å². The number of rotatable bonds is 7. The van der Waals surface area contributed by atoms with Crippen molar-refractivity contribution in [1.82, 2.24) is 4.90 Å². The molecule has 172 valence electrons. The second-order valence-electron chi connectivity index (χ2n) is 7.81. The van der Waals surface area contributed by atoms with E-state index in [0.29, 0.717) is 23.3 Å². The number of non-ortho nitro benzene ring substituents is 1. The first-order valence-electron chi connectivity index (χ1n) is 10.6. The predicted molar refractivity (Wildman–Crippen MR) is 125 cm³/mol. The lowest BCUT2D eigenvalue weighted by atomic mass is 9.94. The number of aliphatic hydroxyl groups excluding tert-OH is 1. The molecule has 4 rings (SSSR count). The van der Waals surface area contributed by atoms with Gasteiger partial charge in [-0.05, 0) is 29.7 Å². The zero-order valence-electron chi connectivity index (χ0n) is 18.4. The molecular weight excluding hydrogens is 436 g/mol. The van der Waals surface area contributed by atoms with Gasteiger partial charge in [0.05, 0.1) is 23.6 Å². The number of nitro benzene ring substituents is 1. The number of Topliss-reactive ketones (excluding diaryl/α,β-unsaturated/α-hetero) is 1. The van der Waals surface area contributed by atoms with Crippen molar-refractivity contribution in [1.29, 1.82) is 0 Å². The highest BCUT2D eigenvalue weighted by Gasteiger charge is 2.46. The summed E-state index contributed by atoms with van der Waals surface area (Å²) in [5.74, 6) is -1.51. The molecule has 1 saturated heterocycles. The second kappa shape index (κ2) is 9.58. The Morgan fingerprint density at radius 1 is 1.03 bits per heavy atom. The molecule has 34 heavy (non-hydrogen) atoms. The summed E-state index contributed by atoms with van der Waals surface area (Å²) in [6, 6.07) is 20.7. The number of hydrogen-bond acceptors (Lipinski definition) is 6. The molecule has 0 spiro atoms. The molecule has 1 fully saturated rings. The number of ether oxygens (including phenoxy) is 1. The largest absolute Gasteiger partial charge is 0.507 e. The fraction of sp³-hybridized carbons (Fsp3) is 0.154. The number of nitro groups is 1. The molecule has 3 aromatic rings. The molecule has 0 radical (unpaired) electrons. The average molecular weight is 458 g/mol. The monoisotopic (exact) mass is 458 g/mol. The van der Waals surface area contributed by atoms with E-state index in [2.05, 4.69) is 0 Å². The van der Waals surface area contributed by atoms with Gasteiger partial charge in [-0.2, -0.15) is 0 Å². The summed E-state index contributed by atoms with van der Waals surface area (Å²) >= 11 is 0. The zero-order chi connectivity index (χ0) is 24.2. The van der Waals surface area contributed by atoms with Gasteiger partial charge in [0, 0.05) is 24.2 Å². The Labute approximate surface area is 195 Å². The summed E-state index contributed by atoms with van der Waals surface area (Å²) in [7, 11) is 1.48. The van der Waals surface area contributed by atoms with Crippen LogP contribution in [-0.2, 0) is 16.0 Å². The molecule has 0 bridgehead atoms. The second-order valence-corrected chi connectivity index (χ2v) is 7.81. The molecule has 8 nitrogen and oxygen atoms in total. The fourth-order valence-electron chi connectivity index (χ4n) is 4.09. The van der Waals surface area contributed by atoms with Gasteiger partial charge in [-0.3, -0.25) is 19.7 Å². The van der Waals surface area contributed by atoms with Crippen molar-refractivity contribution >= 4 is 23.1 Å². The molecule has 3 aromatic carbocycles. The molecule has 0 aromatic heterocycles. The van der Waals surface area contributed by atoms with Gasteiger partial charge < -0.3 is 14.7 Å². The summed E-state index contributed by atoms with van der Waals surface area (Å²) in [6.45, 7) is 0.191. The molecule has 1 heterocycles. The number of hydrogen-bond donors (Lipinski definition) is 1. The lowest BCUT2D eigenvalue weighted by Crippen LogP contribution is -2.31. The third-order valence-corrected chi connectivity index (χ3v) is 5.76. The van der Waals surface area contributed by atoms with Crippen molar-refractivity contribution in [2.24, 2.45) is 0 Å². The Kier molecular flexibility index (Phi) is 6.40. The first kappa shape index (κ1) is 22.7. The van der Waals surface area contributed by atoms with E-state index in [4.69, 9.17) is 4.74 Å². The normalized spacial score (nSPS) is 17.1. The first-order chi connectivity index (χ1) is 16.4. The fourth-order valence-corrected chi connectivity index (χ4v) is 4.09. The van der Waals surface area contributed by atoms with Crippen LogP contribution >= 0.6 is 0 Å². The van der Waals surface area contributed by atoms with Gasteiger partial charge in [0.15, 0.2) is 0 Å². The van der Waals surface area contributed by atoms with Gasteiger partial charge in [0.25, 0.3) is 17.4 Å². The lowest BCUT2D eigenvalue weighted by Gasteiger charge is -2.25. The molecule has 0 aliphatic carbocycles. The van der Waals surface area contributed by atoms with Crippen LogP contribution in [0.25, 0.3) is 5.76 Å². The van der Waals surface area contributed by atoms with Crippen molar-refractivity contribution < 1.29 is 24.4 Å². The number of nitrogens with zero attached hydrogens (tertiary/aromatic N) is 2. The van der Waals surface area contributed by atoms with Crippen molar-refractivity contribution in [3.8, 4) is 5.75 Å². The molecule has 1 aliphatic heterocycles. The Bertz CT molecular complexity index is 1290. The third kappa shape index (κ3) is 4.38. The van der Waals surface area contributed by atoms with Gasteiger partial charge in [0.2, 0.25) is 0 Å². The smallest absolute Gasteiger partial charge is 0.295 e. The van der Waals surface area contributed by atoms with Crippen molar-refractivity contribution in [3.05, 3.63) is 111 Å². The number of benzene rings is 3. The maximum Gasteiger partial charge on any atom is 0.295 e. The maximum atomic E-state index is 13.1. The van der Waals surface area contributed by atoms with Crippen molar-refractivity contribution in [3.63, 3.8) is 0 Å². The van der Waals surface area contributed by atoms with Crippen molar-refractivity contribution in [2.45, 2.75) is 12.5 Å². The number of amides is 1. The number of methoxy groups -OCH3 is 1. The number of carbonyl (C=O) groups excluding carboxylic acids is 2. The summed E-state index contributed by atoms with van der Waals surface area (Å²) in [4.78, 5) is 38.4. The minimum Gasteiger partial charge on any atom is -0.507 e. The number of carbonyl (C=O) groups is 2. The van der Waals surface area contributed by atoms with Gasteiger partial charge >= 0.3 is 0 Å². The standard InChI is InChI=1S/C26H22N2O6/c1-34-21-12-6-10-19(16-21)24(29)22-23(18-9-5-11-20(15-18)28(32)33)27(26(31)25(22)30)14-13-17-7-3-2-4-8-17/h2-12,15-16,23,29H,13-14H2,1H3/b24-22+. The summed E-state index contributed by atoms with van der Waals surface area (Å²) in [5, 5.41) is 22.5. The molecular formula is C26H22N2O6. The lowest BCUT2D eigenvalue weighted by molar-refractivity contribution is -0.384. The Morgan fingerprint density at radius 2 is 1.76 bits per heavy atom. The molecule has 8 heteroatoms. The summed E-state index contributed by atoms with van der Waals surface area (Å²) in [6.07, 6.45) is 0.471. The molecule has 0 saturated carbocycles. The van der Waals surface area contributed by atoms with Crippen molar-refractivity contribution in [2.75, 3.05) is 13.7 Å². The van der Waals surface area contributed by atoms with Crippen LogP contribution in [0.3, 0.4) is 0 Å². The predicted octanol–water partition coefficient (Wildman–Crippen LogP) is 4.27. The van der Waals surface area contributed by atoms with E-state index in [1.54, 1.807) is 30.3 Å². The summed E-state index contributed by atoms with van der Waals surface area (Å²) in [5.41, 5.74) is 1.34. The SMILES string of the molecule is COc1cccc(/C(O)=C2\C(=O)C(=O)N(CCc3ccccc3)C2c2cccc([N+](=O)[O-])c2)c1. The molecule has 1 unspecified atom stereocenters. The van der Waals surface area contributed by atoms with Gasteiger partial charge in [0.1, 0.15) is 11.5 Å². The van der Waals surface area contributed by atoms with Crippen LogP contribution in [0.15, 0.2) is 84.4 Å². The zero-order valence-corrected chi connectivity index (χ0v) is 18.4. The van der Waals surface area contributed by atoms with Crippen LogP contribution in [0.4, 0.5) is 5.69 Å². The molecule has 1 atom stereocenters. The van der Waals surface area contributed by atoms with Crippen LogP contribution in [0.2, 0.25) is 0 Å². The van der Waals surface area contributed by atoms with E-state index in [-0.39, 0.29) is 23.6 Å². The number of aliphatic hydroxyl groups is 1. The van der Waals surface area contributed by atoms with Crippen LogP contribution < -0.4 is 4.74 Å². The number of ketones is 1. The minimum absolute atomic E-state index is 0.119. The van der Waals surface area contributed by atoms with E-state index in [9.17, 15) is 24.8 Å². The Balaban J connectivity index is 1.83. The van der Waals surface area contributed by atoms with E-state index in [1.165, 1.54) is 30.2 Å². The summed E-state index contributed by atoms with van der Waals surface area (Å²) < 4.78 is 5.21. The van der Waals surface area contributed by atoms with Gasteiger partial charge in [-0.1, -0.05) is 54.6 Å². The quantitative estimate of drug-likeness (QED) is 0.186. The van der Waals surface area contributed by atoms with E-state index >= 15 is 0 Å². The van der Waals surface area contributed by atoms with E-state index in [1.807, 2.05) is 30.3 Å².